The van der Waals surface area contributed by atoms with Crippen LogP contribution in [0.25, 0.3) is 0 Å². The van der Waals surface area contributed by atoms with E-state index in [1.165, 1.54) is 5.56 Å². The molecule has 2 aliphatic carbocycles. The highest BCUT2D eigenvalue weighted by molar-refractivity contribution is 5.85. The third-order valence-electron chi connectivity index (χ3n) is 6.77. The van der Waals surface area contributed by atoms with Crippen LogP contribution in [0.4, 0.5) is 0 Å². The van der Waals surface area contributed by atoms with E-state index in [0.717, 1.165) is 32.1 Å². The van der Waals surface area contributed by atoms with Gasteiger partial charge in [0.15, 0.2) is 0 Å². The molecule has 24 heavy (non-hydrogen) atoms. The van der Waals surface area contributed by atoms with Crippen LogP contribution in [0, 0.1) is 23.2 Å². The van der Waals surface area contributed by atoms with Crippen molar-refractivity contribution in [3.8, 4) is 6.07 Å². The SMILES string of the molecule is C[C@@H]1C2[C@@H]1CC(C#N)N2C(=O)C(N)C1(c2ccccc2)CCCC1. The predicted octanol–water partition coefficient (Wildman–Crippen LogP) is 2.58. The maximum absolute atomic E-state index is 13.3. The number of piperidine rings is 1. The summed E-state index contributed by atoms with van der Waals surface area (Å²) in [4.78, 5) is 15.1. The summed E-state index contributed by atoms with van der Waals surface area (Å²) in [6.45, 7) is 2.18. The van der Waals surface area contributed by atoms with Crippen LogP contribution in [0.3, 0.4) is 0 Å². The first-order valence-electron chi connectivity index (χ1n) is 9.13. The van der Waals surface area contributed by atoms with Crippen LogP contribution in [-0.2, 0) is 10.2 Å². The fraction of sp³-hybridized carbons (Fsp3) is 0.600. The molecule has 0 aromatic heterocycles. The zero-order valence-corrected chi connectivity index (χ0v) is 14.2. The number of benzene rings is 1. The smallest absolute Gasteiger partial charge is 0.241 e. The van der Waals surface area contributed by atoms with Gasteiger partial charge in [-0.3, -0.25) is 4.79 Å². The molecule has 4 nitrogen and oxygen atoms in total. The minimum atomic E-state index is -0.551. The van der Waals surface area contributed by atoms with Gasteiger partial charge in [0.2, 0.25) is 5.91 Å². The number of likely N-dealkylation sites (tertiary alicyclic amines) is 1. The molecule has 0 spiro atoms. The van der Waals surface area contributed by atoms with Gasteiger partial charge in [0.05, 0.1) is 12.1 Å². The average molecular weight is 323 g/mol. The standard InChI is InChI=1S/C20H25N3O/c1-13-16-11-15(12-21)23(17(13)16)19(24)18(22)20(9-5-6-10-20)14-7-3-2-4-8-14/h2-4,7-8,13,15-18H,5-6,9-11,22H2,1H3/t13-,15?,16+,17?,18?/m0/s1. The minimum Gasteiger partial charge on any atom is -0.322 e. The number of rotatable bonds is 3. The zero-order chi connectivity index (χ0) is 16.9. The van der Waals surface area contributed by atoms with E-state index in [1.807, 2.05) is 23.1 Å². The normalized spacial score (nSPS) is 34.5. The molecule has 3 unspecified atom stereocenters. The third-order valence-corrected chi connectivity index (χ3v) is 6.77. The van der Waals surface area contributed by atoms with Gasteiger partial charge in [-0.05, 0) is 36.7 Å². The van der Waals surface area contributed by atoms with E-state index in [4.69, 9.17) is 5.73 Å². The van der Waals surface area contributed by atoms with Gasteiger partial charge in [-0.15, -0.1) is 0 Å². The predicted molar refractivity (Wildman–Crippen MR) is 91.9 cm³/mol. The number of carbonyl (C=O) groups excluding carboxylic acids is 1. The minimum absolute atomic E-state index is 0.0100. The van der Waals surface area contributed by atoms with Crippen molar-refractivity contribution in [1.29, 1.82) is 5.26 Å². The molecule has 1 amide bonds. The van der Waals surface area contributed by atoms with E-state index in [0.29, 0.717) is 11.8 Å². The summed E-state index contributed by atoms with van der Waals surface area (Å²) < 4.78 is 0. The van der Waals surface area contributed by atoms with E-state index in [1.54, 1.807) is 0 Å². The second kappa shape index (κ2) is 5.60. The molecule has 0 radical (unpaired) electrons. The Morgan fingerprint density at radius 3 is 2.62 bits per heavy atom. The quantitative estimate of drug-likeness (QED) is 0.929. The molecule has 1 aromatic rings. The van der Waals surface area contributed by atoms with Crippen LogP contribution in [-0.4, -0.2) is 28.9 Å². The summed E-state index contributed by atoms with van der Waals surface area (Å²) in [5.74, 6) is 1.01. The fourth-order valence-electron chi connectivity index (χ4n) is 5.28. The maximum Gasteiger partial charge on any atom is 0.241 e. The van der Waals surface area contributed by atoms with Crippen molar-refractivity contribution in [1.82, 2.24) is 4.90 Å². The average Bonchev–Trinajstić information content (AvgIpc) is 3.05. The fourth-order valence-corrected chi connectivity index (χ4v) is 5.28. The Labute approximate surface area is 143 Å². The number of amides is 1. The second-order valence-corrected chi connectivity index (χ2v) is 7.85. The van der Waals surface area contributed by atoms with Crippen molar-refractivity contribution in [3.63, 3.8) is 0 Å². The molecular weight excluding hydrogens is 298 g/mol. The van der Waals surface area contributed by atoms with Crippen LogP contribution >= 0.6 is 0 Å². The first-order valence-corrected chi connectivity index (χ1v) is 9.13. The molecule has 5 atom stereocenters. The Morgan fingerprint density at radius 2 is 2.00 bits per heavy atom. The molecule has 1 aromatic carbocycles. The number of nitrogens with two attached hydrogens (primary N) is 1. The lowest BCUT2D eigenvalue weighted by atomic mass is 9.72. The van der Waals surface area contributed by atoms with E-state index in [2.05, 4.69) is 25.1 Å². The zero-order valence-electron chi connectivity index (χ0n) is 14.2. The highest BCUT2D eigenvalue weighted by Crippen LogP contribution is 2.54. The molecule has 3 fully saturated rings. The summed E-state index contributed by atoms with van der Waals surface area (Å²) in [6, 6.07) is 12.0. The van der Waals surface area contributed by atoms with Gasteiger partial charge in [0.1, 0.15) is 6.04 Å². The Hall–Kier alpha value is -1.86. The number of carbonyl (C=O) groups is 1. The number of hydrogen-bond donors (Lipinski definition) is 1. The van der Waals surface area contributed by atoms with Crippen molar-refractivity contribution < 1.29 is 4.79 Å². The topological polar surface area (TPSA) is 70.1 Å². The lowest BCUT2D eigenvalue weighted by Gasteiger charge is -2.38. The first kappa shape index (κ1) is 15.7. The monoisotopic (exact) mass is 323 g/mol. The molecular formula is C20H25N3O. The van der Waals surface area contributed by atoms with Crippen molar-refractivity contribution in [3.05, 3.63) is 35.9 Å². The van der Waals surface area contributed by atoms with E-state index in [-0.39, 0.29) is 23.4 Å². The maximum atomic E-state index is 13.3. The Bertz CT molecular complexity index is 674. The van der Waals surface area contributed by atoms with Gasteiger partial charge in [-0.2, -0.15) is 5.26 Å². The molecule has 4 rings (SSSR count). The Kier molecular flexibility index (Phi) is 3.65. The van der Waals surface area contributed by atoms with Gasteiger partial charge < -0.3 is 10.6 Å². The molecule has 1 heterocycles. The summed E-state index contributed by atoms with van der Waals surface area (Å²) in [6.07, 6.45) is 4.95. The Morgan fingerprint density at radius 1 is 1.33 bits per heavy atom. The molecule has 1 aliphatic heterocycles. The number of nitrogens with zero attached hydrogens (tertiary/aromatic N) is 2. The lowest BCUT2D eigenvalue weighted by molar-refractivity contribution is -0.135. The van der Waals surface area contributed by atoms with Crippen molar-refractivity contribution >= 4 is 5.91 Å². The van der Waals surface area contributed by atoms with Crippen LogP contribution in [0.5, 0.6) is 0 Å². The number of fused-ring (bicyclic) bond motifs is 1. The van der Waals surface area contributed by atoms with E-state index >= 15 is 0 Å². The summed E-state index contributed by atoms with van der Waals surface area (Å²) in [5, 5.41) is 9.45. The summed E-state index contributed by atoms with van der Waals surface area (Å²) in [7, 11) is 0. The van der Waals surface area contributed by atoms with Crippen molar-refractivity contribution in [2.45, 2.75) is 62.6 Å². The largest absolute Gasteiger partial charge is 0.322 e. The van der Waals surface area contributed by atoms with Crippen molar-refractivity contribution in [2.75, 3.05) is 0 Å². The number of hydrogen-bond acceptors (Lipinski definition) is 3. The highest BCUT2D eigenvalue weighted by Gasteiger charge is 2.61. The second-order valence-electron chi connectivity index (χ2n) is 7.85. The van der Waals surface area contributed by atoms with Gasteiger partial charge in [-0.25, -0.2) is 0 Å². The van der Waals surface area contributed by atoms with Gasteiger partial charge in [-0.1, -0.05) is 50.1 Å². The van der Waals surface area contributed by atoms with E-state index < -0.39 is 6.04 Å². The Balaban J connectivity index is 1.65. The number of nitriles is 1. The van der Waals surface area contributed by atoms with Crippen molar-refractivity contribution in [2.24, 2.45) is 17.6 Å². The van der Waals surface area contributed by atoms with Crippen LogP contribution in [0.1, 0.15) is 44.6 Å². The molecule has 2 saturated carbocycles. The van der Waals surface area contributed by atoms with Crippen LogP contribution < -0.4 is 5.73 Å². The van der Waals surface area contributed by atoms with Crippen LogP contribution in [0.15, 0.2) is 30.3 Å². The molecule has 126 valence electrons. The van der Waals surface area contributed by atoms with E-state index in [9.17, 15) is 10.1 Å². The van der Waals surface area contributed by atoms with Crippen LogP contribution in [0.2, 0.25) is 0 Å². The molecule has 2 N–H and O–H groups in total. The lowest BCUT2D eigenvalue weighted by Crippen LogP contribution is -2.56. The molecule has 3 aliphatic rings. The third kappa shape index (κ3) is 2.11. The first-order chi connectivity index (χ1) is 11.6. The van der Waals surface area contributed by atoms with Gasteiger partial charge >= 0.3 is 0 Å². The molecule has 4 heteroatoms. The molecule has 0 bridgehead atoms. The van der Waals surface area contributed by atoms with Gasteiger partial charge in [0, 0.05) is 11.5 Å². The molecule has 1 saturated heterocycles. The highest BCUT2D eigenvalue weighted by atomic mass is 16.2. The summed E-state index contributed by atoms with van der Waals surface area (Å²) in [5.41, 5.74) is 7.52. The van der Waals surface area contributed by atoms with Gasteiger partial charge in [0.25, 0.3) is 0 Å². The summed E-state index contributed by atoms with van der Waals surface area (Å²) >= 11 is 0.